The summed E-state index contributed by atoms with van der Waals surface area (Å²) in [7, 11) is 0. The molecule has 1 unspecified atom stereocenters. The maximum atomic E-state index is 10.7. The van der Waals surface area contributed by atoms with Crippen LogP contribution in [-0.2, 0) is 16.0 Å². The lowest BCUT2D eigenvalue weighted by molar-refractivity contribution is -0.140. The van der Waals surface area contributed by atoms with E-state index in [-0.39, 0.29) is 12.5 Å². The Morgan fingerprint density at radius 3 is 3.13 bits per heavy atom. The van der Waals surface area contributed by atoms with E-state index < -0.39 is 5.97 Å². The van der Waals surface area contributed by atoms with E-state index in [2.05, 4.69) is 13.0 Å². The van der Waals surface area contributed by atoms with E-state index in [4.69, 9.17) is 9.84 Å². The van der Waals surface area contributed by atoms with Crippen LogP contribution < -0.4 is 0 Å². The van der Waals surface area contributed by atoms with E-state index in [9.17, 15) is 4.79 Å². The molecular weight excluding hydrogens is 192 g/mol. The van der Waals surface area contributed by atoms with Crippen molar-refractivity contribution < 1.29 is 14.6 Å². The van der Waals surface area contributed by atoms with Crippen LogP contribution in [0, 0.1) is 6.92 Å². The number of benzene rings is 1. The lowest BCUT2D eigenvalue weighted by Crippen LogP contribution is -2.19. The highest BCUT2D eigenvalue weighted by Gasteiger charge is 2.23. The number of fused-ring (bicyclic) bond motifs is 1. The lowest BCUT2D eigenvalue weighted by atomic mass is 9.92. The molecule has 1 heterocycles. The zero-order chi connectivity index (χ0) is 10.8. The van der Waals surface area contributed by atoms with Gasteiger partial charge >= 0.3 is 5.97 Å². The molecule has 15 heavy (non-hydrogen) atoms. The molecule has 0 aromatic heterocycles. The van der Waals surface area contributed by atoms with Gasteiger partial charge in [0.2, 0.25) is 0 Å². The van der Waals surface area contributed by atoms with Gasteiger partial charge in [-0.3, -0.25) is 4.79 Å². The quantitative estimate of drug-likeness (QED) is 0.805. The summed E-state index contributed by atoms with van der Waals surface area (Å²) in [5, 5.41) is 8.78. The molecule has 0 aliphatic carbocycles. The summed E-state index contributed by atoms with van der Waals surface area (Å²) in [4.78, 5) is 10.7. The summed E-state index contributed by atoms with van der Waals surface area (Å²) in [6, 6.07) is 5.98. The third-order valence-corrected chi connectivity index (χ3v) is 2.82. The number of ether oxygens (including phenoxy) is 1. The highest BCUT2D eigenvalue weighted by Crippen LogP contribution is 2.31. The first-order chi connectivity index (χ1) is 7.18. The lowest BCUT2D eigenvalue weighted by Gasteiger charge is -2.26. The average molecular weight is 206 g/mol. The molecule has 1 aromatic carbocycles. The standard InChI is InChI=1S/C12H14O3/c1-8-3-2-4-10-9(8)5-6-15-11(10)7-12(13)14/h2-4,11H,5-7H2,1H3,(H,13,14). The van der Waals surface area contributed by atoms with Crippen LogP contribution in [0.3, 0.4) is 0 Å². The van der Waals surface area contributed by atoms with Gasteiger partial charge in [0.15, 0.2) is 0 Å². The highest BCUT2D eigenvalue weighted by molar-refractivity contribution is 5.68. The molecule has 0 fully saturated rings. The fourth-order valence-electron chi connectivity index (χ4n) is 2.09. The van der Waals surface area contributed by atoms with E-state index in [0.29, 0.717) is 6.61 Å². The van der Waals surface area contributed by atoms with Crippen LogP contribution in [0.25, 0.3) is 0 Å². The van der Waals surface area contributed by atoms with Crippen molar-refractivity contribution in [2.45, 2.75) is 25.9 Å². The summed E-state index contributed by atoms with van der Waals surface area (Å²) >= 11 is 0. The van der Waals surface area contributed by atoms with Crippen LogP contribution in [0.5, 0.6) is 0 Å². The summed E-state index contributed by atoms with van der Waals surface area (Å²) in [5.41, 5.74) is 3.53. The first-order valence-electron chi connectivity index (χ1n) is 5.10. The predicted octanol–water partition coefficient (Wildman–Crippen LogP) is 2.08. The van der Waals surface area contributed by atoms with Crippen molar-refractivity contribution in [2.75, 3.05) is 6.61 Å². The van der Waals surface area contributed by atoms with Crippen molar-refractivity contribution in [2.24, 2.45) is 0 Å². The van der Waals surface area contributed by atoms with Crippen LogP contribution in [0.1, 0.15) is 29.2 Å². The van der Waals surface area contributed by atoms with Gasteiger partial charge in [0.25, 0.3) is 0 Å². The van der Waals surface area contributed by atoms with Gasteiger partial charge in [-0.15, -0.1) is 0 Å². The number of carbonyl (C=O) groups is 1. The zero-order valence-electron chi connectivity index (χ0n) is 8.69. The summed E-state index contributed by atoms with van der Waals surface area (Å²) in [6.45, 7) is 2.68. The van der Waals surface area contributed by atoms with Crippen LogP contribution in [0.2, 0.25) is 0 Å². The van der Waals surface area contributed by atoms with E-state index >= 15 is 0 Å². The maximum Gasteiger partial charge on any atom is 0.306 e. The fraction of sp³-hybridized carbons (Fsp3) is 0.417. The Hall–Kier alpha value is -1.35. The molecule has 0 bridgehead atoms. The normalized spacial score (nSPS) is 19.7. The Kier molecular flexibility index (Phi) is 2.73. The van der Waals surface area contributed by atoms with Crippen LogP contribution in [0.4, 0.5) is 0 Å². The number of carboxylic acids is 1. The van der Waals surface area contributed by atoms with Crippen LogP contribution >= 0.6 is 0 Å². The molecule has 0 amide bonds. The Morgan fingerprint density at radius 1 is 1.60 bits per heavy atom. The minimum atomic E-state index is -0.811. The third-order valence-electron chi connectivity index (χ3n) is 2.82. The van der Waals surface area contributed by atoms with Gasteiger partial charge in [-0.1, -0.05) is 18.2 Å². The van der Waals surface area contributed by atoms with Gasteiger partial charge in [0, 0.05) is 0 Å². The summed E-state index contributed by atoms with van der Waals surface area (Å²) < 4.78 is 5.49. The first-order valence-corrected chi connectivity index (χ1v) is 5.10. The van der Waals surface area contributed by atoms with Crippen molar-refractivity contribution in [3.05, 3.63) is 34.9 Å². The molecule has 1 N–H and O–H groups in total. The molecule has 0 radical (unpaired) electrons. The molecule has 0 saturated heterocycles. The van der Waals surface area contributed by atoms with Crippen molar-refractivity contribution in [1.29, 1.82) is 0 Å². The van der Waals surface area contributed by atoms with Gasteiger partial charge in [-0.2, -0.15) is 0 Å². The number of aliphatic carboxylic acids is 1. The third kappa shape index (κ3) is 2.02. The first kappa shape index (κ1) is 10.2. The number of hydrogen-bond acceptors (Lipinski definition) is 2. The van der Waals surface area contributed by atoms with E-state index in [1.54, 1.807) is 0 Å². The summed E-state index contributed by atoms with van der Waals surface area (Å²) in [6.07, 6.45) is 0.667. The minimum Gasteiger partial charge on any atom is -0.481 e. The molecule has 1 aromatic rings. The van der Waals surface area contributed by atoms with Crippen molar-refractivity contribution in [3.63, 3.8) is 0 Å². The molecule has 1 aliphatic heterocycles. The predicted molar refractivity (Wildman–Crippen MR) is 55.8 cm³/mol. The molecule has 3 heteroatoms. The second-order valence-electron chi connectivity index (χ2n) is 3.85. The maximum absolute atomic E-state index is 10.7. The number of aryl methyl sites for hydroxylation is 1. The second kappa shape index (κ2) is 4.03. The van der Waals surface area contributed by atoms with Crippen LogP contribution in [-0.4, -0.2) is 17.7 Å². The molecule has 80 valence electrons. The average Bonchev–Trinajstić information content (AvgIpc) is 2.19. The Morgan fingerprint density at radius 2 is 2.40 bits per heavy atom. The van der Waals surface area contributed by atoms with Gasteiger partial charge < -0.3 is 9.84 Å². The van der Waals surface area contributed by atoms with Gasteiger partial charge in [-0.25, -0.2) is 0 Å². The molecule has 2 rings (SSSR count). The van der Waals surface area contributed by atoms with Gasteiger partial charge in [0.05, 0.1) is 19.1 Å². The molecule has 0 saturated carbocycles. The number of hydrogen-bond donors (Lipinski definition) is 1. The Bertz CT molecular complexity index is 384. The topological polar surface area (TPSA) is 46.5 Å². The number of carboxylic acid groups (broad SMARTS) is 1. The zero-order valence-corrected chi connectivity index (χ0v) is 8.69. The van der Waals surface area contributed by atoms with E-state index in [1.807, 2.05) is 12.1 Å². The number of rotatable bonds is 2. The molecule has 1 atom stereocenters. The molecular formula is C12H14O3. The van der Waals surface area contributed by atoms with Gasteiger partial charge in [0.1, 0.15) is 0 Å². The SMILES string of the molecule is Cc1cccc2c1CCOC2CC(=O)O. The summed E-state index contributed by atoms with van der Waals surface area (Å²) in [5.74, 6) is -0.811. The Labute approximate surface area is 88.7 Å². The molecule has 1 aliphatic rings. The largest absolute Gasteiger partial charge is 0.481 e. The minimum absolute atomic E-state index is 0.0520. The monoisotopic (exact) mass is 206 g/mol. The van der Waals surface area contributed by atoms with Crippen LogP contribution in [0.15, 0.2) is 18.2 Å². The van der Waals surface area contributed by atoms with Crippen molar-refractivity contribution in [3.8, 4) is 0 Å². The fourth-order valence-corrected chi connectivity index (χ4v) is 2.09. The van der Waals surface area contributed by atoms with E-state index in [0.717, 1.165) is 12.0 Å². The van der Waals surface area contributed by atoms with Gasteiger partial charge in [-0.05, 0) is 30.0 Å². The highest BCUT2D eigenvalue weighted by atomic mass is 16.5. The molecule has 3 nitrogen and oxygen atoms in total. The van der Waals surface area contributed by atoms with Crippen molar-refractivity contribution in [1.82, 2.24) is 0 Å². The second-order valence-corrected chi connectivity index (χ2v) is 3.85. The smallest absolute Gasteiger partial charge is 0.306 e. The van der Waals surface area contributed by atoms with E-state index in [1.165, 1.54) is 11.1 Å². The van der Waals surface area contributed by atoms with Crippen molar-refractivity contribution >= 4 is 5.97 Å². The Balaban J connectivity index is 2.34. The molecule has 0 spiro atoms.